The van der Waals surface area contributed by atoms with E-state index in [1.54, 1.807) is 0 Å². The number of benzene rings is 4. The molecule has 3 aliphatic rings. The minimum absolute atomic E-state index is 0.0181. The summed E-state index contributed by atoms with van der Waals surface area (Å²) in [6.45, 7) is 25.5. The van der Waals surface area contributed by atoms with Gasteiger partial charge in [-0.2, -0.15) is 0 Å². The monoisotopic (exact) mass is 667 g/mol. The number of hydrogen-bond donors (Lipinski definition) is 0. The summed E-state index contributed by atoms with van der Waals surface area (Å²) in [5.74, 6) is -0.158. The molecule has 3 nitrogen and oxygen atoms in total. The molecule has 2 heterocycles. The van der Waals surface area contributed by atoms with E-state index in [1.807, 2.05) is 54.2 Å². The zero-order valence-corrected chi connectivity index (χ0v) is 31.7. The van der Waals surface area contributed by atoms with E-state index in [0.29, 0.717) is 11.1 Å². The molecule has 2 aliphatic heterocycles. The van der Waals surface area contributed by atoms with Gasteiger partial charge in [-0.25, -0.2) is 0 Å². The third-order valence-corrected chi connectivity index (χ3v) is 12.2. The zero-order chi connectivity index (χ0) is 35.4. The quantitative estimate of drug-likeness (QED) is 0.157. The Balaban J connectivity index is 1.48. The van der Waals surface area contributed by atoms with Crippen LogP contribution in [0.4, 0.5) is 5.69 Å². The largest absolute Gasteiger partial charge is 0.331 e. The maximum atomic E-state index is 13.9. The number of nitrogens with zero attached hydrogens (tertiary/aromatic N) is 1. The Hall–Kier alpha value is -3.89. The van der Waals surface area contributed by atoms with Crippen LogP contribution in [0.15, 0.2) is 101 Å². The molecular formula is C45H49NO2S. The summed E-state index contributed by atoms with van der Waals surface area (Å²) in [6, 6.07) is 25.4. The lowest BCUT2D eigenvalue weighted by Gasteiger charge is -2.40. The highest BCUT2D eigenvalue weighted by atomic mass is 32.2. The summed E-state index contributed by atoms with van der Waals surface area (Å²) in [6.07, 6.45) is 3.93. The van der Waals surface area contributed by atoms with Gasteiger partial charge in [0.05, 0.1) is 10.9 Å². The van der Waals surface area contributed by atoms with Crippen LogP contribution in [0, 0.1) is 5.41 Å². The predicted molar refractivity (Wildman–Crippen MR) is 206 cm³/mol. The first-order chi connectivity index (χ1) is 22.8. The first-order valence-corrected chi connectivity index (χ1v) is 18.5. The Labute approximate surface area is 296 Å². The number of carbonyl (C=O) groups excluding carboxylic acids is 2. The minimum Gasteiger partial charge on any atom is -0.331 e. The topological polar surface area (TPSA) is 37.4 Å². The van der Waals surface area contributed by atoms with Crippen molar-refractivity contribution < 1.29 is 9.59 Å². The summed E-state index contributed by atoms with van der Waals surface area (Å²) in [5, 5.41) is 2.06. The molecule has 1 aliphatic carbocycles. The van der Waals surface area contributed by atoms with E-state index >= 15 is 0 Å². The summed E-state index contributed by atoms with van der Waals surface area (Å²) in [4.78, 5) is 31.7. The van der Waals surface area contributed by atoms with Crippen molar-refractivity contribution in [1.29, 1.82) is 0 Å². The number of thioether (sulfide) groups is 1. The van der Waals surface area contributed by atoms with Crippen LogP contribution in [0.2, 0.25) is 0 Å². The third kappa shape index (κ3) is 5.33. The molecule has 0 amide bonds. The van der Waals surface area contributed by atoms with Gasteiger partial charge in [-0.15, -0.1) is 0 Å². The van der Waals surface area contributed by atoms with Crippen molar-refractivity contribution in [2.24, 2.45) is 5.41 Å². The average molecular weight is 668 g/mol. The predicted octanol–water partition coefficient (Wildman–Crippen LogP) is 11.7. The number of Topliss-reactive ketones (excluding diaryl/α,β-unsaturated/α-hetero) is 2. The molecule has 0 N–H and O–H groups in total. The van der Waals surface area contributed by atoms with Gasteiger partial charge in [0.15, 0.2) is 11.6 Å². The van der Waals surface area contributed by atoms with Crippen LogP contribution in [0.25, 0.3) is 10.8 Å². The molecular weight excluding hydrogens is 619 g/mol. The third-order valence-electron chi connectivity index (χ3n) is 10.8. The molecule has 4 aromatic carbocycles. The van der Waals surface area contributed by atoms with Crippen molar-refractivity contribution in [2.75, 3.05) is 4.90 Å². The molecule has 0 radical (unpaired) electrons. The van der Waals surface area contributed by atoms with E-state index in [-0.39, 0.29) is 50.1 Å². The maximum absolute atomic E-state index is 13.9. The second kappa shape index (κ2) is 11.1. The van der Waals surface area contributed by atoms with Gasteiger partial charge in [0, 0.05) is 38.7 Å². The van der Waals surface area contributed by atoms with Gasteiger partial charge >= 0.3 is 0 Å². The summed E-state index contributed by atoms with van der Waals surface area (Å²) >= 11 is 1.94. The highest BCUT2D eigenvalue weighted by molar-refractivity contribution is 8.00. The van der Waals surface area contributed by atoms with Gasteiger partial charge in [-0.3, -0.25) is 9.59 Å². The zero-order valence-electron chi connectivity index (χ0n) is 30.9. The Morgan fingerprint density at radius 2 is 1.18 bits per heavy atom. The first-order valence-electron chi connectivity index (χ1n) is 17.6. The van der Waals surface area contributed by atoms with E-state index in [2.05, 4.69) is 124 Å². The van der Waals surface area contributed by atoms with Crippen LogP contribution in [-0.2, 0) is 16.2 Å². The lowest BCUT2D eigenvalue weighted by Crippen LogP contribution is -2.33. The fourth-order valence-corrected chi connectivity index (χ4v) is 9.78. The van der Waals surface area contributed by atoms with Crippen LogP contribution >= 0.6 is 11.8 Å². The fraction of sp³-hybridized carbons (Fsp3) is 0.378. The van der Waals surface area contributed by atoms with Crippen LogP contribution in [-0.4, -0.2) is 16.9 Å². The van der Waals surface area contributed by atoms with Gasteiger partial charge in [-0.05, 0) is 79.6 Å². The highest BCUT2D eigenvalue weighted by Gasteiger charge is 2.56. The molecule has 49 heavy (non-hydrogen) atoms. The van der Waals surface area contributed by atoms with Gasteiger partial charge in [-0.1, -0.05) is 143 Å². The van der Waals surface area contributed by atoms with Crippen LogP contribution in [0.3, 0.4) is 0 Å². The second-order valence-electron chi connectivity index (χ2n) is 17.8. The highest BCUT2D eigenvalue weighted by Crippen LogP contribution is 2.65. The van der Waals surface area contributed by atoms with E-state index in [0.717, 1.165) is 16.5 Å². The Bertz CT molecular complexity index is 2030. The summed E-state index contributed by atoms with van der Waals surface area (Å²) in [5.41, 5.74) is 8.41. The number of hydrogen-bond acceptors (Lipinski definition) is 4. The lowest BCUT2D eigenvalue weighted by molar-refractivity contribution is 0.0988. The minimum atomic E-state index is -0.291. The summed E-state index contributed by atoms with van der Waals surface area (Å²) in [7, 11) is 0. The fourth-order valence-electron chi connectivity index (χ4n) is 8.09. The smallest absolute Gasteiger partial charge is 0.197 e. The van der Waals surface area contributed by atoms with E-state index in [4.69, 9.17) is 0 Å². The molecule has 0 bridgehead atoms. The van der Waals surface area contributed by atoms with Gasteiger partial charge in [0.1, 0.15) is 0 Å². The SMILES string of the molecule is CC(C)(C)c1cc(C(C)(C)C)c(N2/C(=C/C=C3C(=O)c4cc5ccccc5cc4C3=O)C(C)(C)C3c4ccccc4SC32)c(C(C)(C)C)c1. The van der Waals surface area contributed by atoms with E-state index in [9.17, 15) is 9.59 Å². The molecule has 0 saturated carbocycles. The number of allylic oxidation sites excluding steroid dienone is 4. The lowest BCUT2D eigenvalue weighted by atomic mass is 9.73. The molecule has 0 spiro atoms. The standard InChI is InChI=1S/C45H49NO2S/c1-42(2,3)28-24-33(43(4,5)6)38(34(25-28)44(7,8)9)46-36(45(10,11)37-29-18-14-15-19-35(29)49-41(37)46)21-20-30-39(47)31-22-26-16-12-13-17-27(26)23-32(31)40(30)48/h12-25,37,41H,1-11H3/b36-21+. The summed E-state index contributed by atoms with van der Waals surface area (Å²) < 4.78 is 0. The van der Waals surface area contributed by atoms with E-state index < -0.39 is 0 Å². The molecule has 4 heteroatoms. The van der Waals surface area contributed by atoms with Gasteiger partial charge in [0.25, 0.3) is 0 Å². The first kappa shape index (κ1) is 33.6. The molecule has 2 atom stereocenters. The average Bonchev–Trinajstić information content (AvgIpc) is 3.58. The Morgan fingerprint density at radius 3 is 1.69 bits per heavy atom. The van der Waals surface area contributed by atoms with Crippen LogP contribution in [0.1, 0.15) is 125 Å². The Morgan fingerprint density at radius 1 is 0.673 bits per heavy atom. The van der Waals surface area contributed by atoms with Crippen molar-refractivity contribution in [3.63, 3.8) is 0 Å². The van der Waals surface area contributed by atoms with Crippen molar-refractivity contribution in [3.8, 4) is 0 Å². The van der Waals surface area contributed by atoms with Gasteiger partial charge in [0.2, 0.25) is 0 Å². The number of carbonyl (C=O) groups is 2. The Kier molecular flexibility index (Phi) is 7.58. The molecule has 1 saturated heterocycles. The van der Waals surface area contributed by atoms with Crippen molar-refractivity contribution >= 4 is 39.8 Å². The number of fused-ring (bicyclic) bond motifs is 5. The molecule has 1 fully saturated rings. The maximum Gasteiger partial charge on any atom is 0.197 e. The number of ketones is 2. The van der Waals surface area contributed by atoms with Crippen molar-refractivity contribution in [1.82, 2.24) is 0 Å². The second-order valence-corrected chi connectivity index (χ2v) is 19.0. The van der Waals surface area contributed by atoms with Crippen LogP contribution < -0.4 is 4.90 Å². The van der Waals surface area contributed by atoms with Crippen molar-refractivity contribution in [2.45, 2.75) is 109 Å². The molecule has 2 unspecified atom stereocenters. The molecule has 0 aromatic heterocycles. The molecule has 252 valence electrons. The van der Waals surface area contributed by atoms with Crippen molar-refractivity contribution in [3.05, 3.63) is 130 Å². The van der Waals surface area contributed by atoms with Gasteiger partial charge < -0.3 is 4.90 Å². The van der Waals surface area contributed by atoms with Crippen LogP contribution in [0.5, 0.6) is 0 Å². The normalized spacial score (nSPS) is 21.1. The number of anilines is 1. The number of rotatable bonds is 2. The molecule has 7 rings (SSSR count). The molecule has 4 aromatic rings. The van der Waals surface area contributed by atoms with E-state index in [1.165, 1.54) is 32.8 Å².